The highest BCUT2D eigenvalue weighted by Gasteiger charge is 2.29. The molecule has 0 bridgehead atoms. The highest BCUT2D eigenvalue weighted by Crippen LogP contribution is 2.23. The summed E-state index contributed by atoms with van der Waals surface area (Å²) in [6.45, 7) is 3.13. The van der Waals surface area contributed by atoms with Gasteiger partial charge in [0.1, 0.15) is 6.10 Å². The smallest absolute Gasteiger partial charge is 0.256 e. The summed E-state index contributed by atoms with van der Waals surface area (Å²) in [6, 6.07) is 11.5. The van der Waals surface area contributed by atoms with Crippen LogP contribution in [0, 0.1) is 6.92 Å². The summed E-state index contributed by atoms with van der Waals surface area (Å²) in [4.78, 5) is 17.8. The molecule has 2 aromatic heterocycles. The number of aromatic nitrogens is 3. The van der Waals surface area contributed by atoms with Gasteiger partial charge in [-0.1, -0.05) is 18.2 Å². The zero-order chi connectivity index (χ0) is 16.5. The highest BCUT2D eigenvalue weighted by molar-refractivity contribution is 6.06. The molecule has 1 aromatic carbocycles. The van der Waals surface area contributed by atoms with E-state index in [1.807, 2.05) is 48.2 Å². The SMILES string of the molecule is Cc1ccc(O[C@@H]2CCN(C(=O)c3c[nH]c4ccccc34)C2)nn1. The van der Waals surface area contributed by atoms with Crippen LogP contribution in [-0.2, 0) is 0 Å². The molecule has 122 valence electrons. The molecule has 0 aliphatic carbocycles. The summed E-state index contributed by atoms with van der Waals surface area (Å²) in [5, 5.41) is 8.97. The van der Waals surface area contributed by atoms with Crippen LogP contribution in [-0.4, -0.2) is 45.2 Å². The summed E-state index contributed by atoms with van der Waals surface area (Å²) in [5.41, 5.74) is 2.54. The number of carbonyl (C=O) groups excluding carboxylic acids is 1. The first-order valence-electron chi connectivity index (χ1n) is 8.03. The first-order chi connectivity index (χ1) is 11.7. The Bertz CT molecular complexity index is 872. The molecule has 6 heteroatoms. The first-order valence-corrected chi connectivity index (χ1v) is 8.03. The normalized spacial score (nSPS) is 17.4. The van der Waals surface area contributed by atoms with E-state index in [1.54, 1.807) is 6.20 Å². The van der Waals surface area contributed by atoms with Crippen molar-refractivity contribution >= 4 is 16.8 Å². The molecule has 1 amide bonds. The number of H-pyrrole nitrogens is 1. The first kappa shape index (κ1) is 14.7. The van der Waals surface area contributed by atoms with Gasteiger partial charge in [0, 0.05) is 36.1 Å². The lowest BCUT2D eigenvalue weighted by Crippen LogP contribution is -2.30. The predicted octanol–water partition coefficient (Wildman–Crippen LogP) is 2.56. The molecule has 1 saturated heterocycles. The Kier molecular flexibility index (Phi) is 3.65. The fourth-order valence-electron chi connectivity index (χ4n) is 3.05. The van der Waals surface area contributed by atoms with Crippen LogP contribution in [0.3, 0.4) is 0 Å². The Morgan fingerprint density at radius 2 is 2.12 bits per heavy atom. The van der Waals surface area contributed by atoms with Gasteiger partial charge >= 0.3 is 0 Å². The summed E-state index contributed by atoms with van der Waals surface area (Å²) in [5.74, 6) is 0.542. The van der Waals surface area contributed by atoms with Crippen LogP contribution in [0.4, 0.5) is 0 Å². The maximum absolute atomic E-state index is 12.8. The van der Waals surface area contributed by atoms with Crippen LogP contribution < -0.4 is 4.74 Å². The Balaban J connectivity index is 1.46. The maximum Gasteiger partial charge on any atom is 0.256 e. The van der Waals surface area contributed by atoms with Crippen LogP contribution >= 0.6 is 0 Å². The van der Waals surface area contributed by atoms with Gasteiger partial charge in [-0.25, -0.2) is 0 Å². The molecule has 1 N–H and O–H groups in total. The lowest BCUT2D eigenvalue weighted by atomic mass is 10.1. The minimum atomic E-state index is -0.0452. The minimum Gasteiger partial charge on any atom is -0.471 e. The molecule has 1 aliphatic heterocycles. The number of aryl methyl sites for hydroxylation is 1. The second kappa shape index (κ2) is 5.96. The van der Waals surface area contributed by atoms with E-state index >= 15 is 0 Å². The molecule has 0 spiro atoms. The van der Waals surface area contributed by atoms with Crippen LogP contribution in [0.15, 0.2) is 42.6 Å². The standard InChI is InChI=1S/C18H18N4O2/c1-12-6-7-17(21-20-12)24-13-8-9-22(11-13)18(23)15-10-19-16-5-3-2-4-14(15)16/h2-7,10,13,19H,8-9,11H2,1H3/t13-/m1/s1. The molecular weight excluding hydrogens is 304 g/mol. The van der Waals surface area contributed by atoms with Crippen molar-refractivity contribution in [3.8, 4) is 5.88 Å². The largest absolute Gasteiger partial charge is 0.471 e. The van der Waals surface area contributed by atoms with E-state index in [4.69, 9.17) is 4.74 Å². The molecule has 1 fully saturated rings. The minimum absolute atomic E-state index is 0.0357. The fraction of sp³-hybridized carbons (Fsp3) is 0.278. The number of rotatable bonds is 3. The fourth-order valence-corrected chi connectivity index (χ4v) is 3.05. The number of carbonyl (C=O) groups is 1. The van der Waals surface area contributed by atoms with Crippen LogP contribution in [0.2, 0.25) is 0 Å². The zero-order valence-electron chi connectivity index (χ0n) is 13.4. The molecule has 24 heavy (non-hydrogen) atoms. The number of nitrogens with one attached hydrogen (secondary N) is 1. The van der Waals surface area contributed by atoms with Gasteiger partial charge < -0.3 is 14.6 Å². The second-order valence-electron chi connectivity index (χ2n) is 6.04. The van der Waals surface area contributed by atoms with Crippen LogP contribution in [0.25, 0.3) is 10.9 Å². The highest BCUT2D eigenvalue weighted by atomic mass is 16.5. The van der Waals surface area contributed by atoms with Gasteiger partial charge in [0.25, 0.3) is 5.91 Å². The average molecular weight is 322 g/mol. The number of ether oxygens (including phenoxy) is 1. The van der Waals surface area contributed by atoms with Crippen molar-refractivity contribution in [3.05, 3.63) is 53.9 Å². The van der Waals surface area contributed by atoms with Gasteiger partial charge in [0.2, 0.25) is 5.88 Å². The molecule has 0 radical (unpaired) electrons. The molecule has 0 saturated carbocycles. The molecular formula is C18H18N4O2. The molecule has 3 aromatic rings. The summed E-state index contributed by atoms with van der Waals surface area (Å²) in [7, 11) is 0. The number of benzene rings is 1. The third-order valence-electron chi connectivity index (χ3n) is 4.31. The number of para-hydroxylation sites is 1. The van der Waals surface area contributed by atoms with E-state index < -0.39 is 0 Å². The quantitative estimate of drug-likeness (QED) is 0.804. The Morgan fingerprint density at radius 1 is 1.25 bits per heavy atom. The van der Waals surface area contributed by atoms with Crippen molar-refractivity contribution in [1.29, 1.82) is 0 Å². The van der Waals surface area contributed by atoms with E-state index in [9.17, 15) is 4.79 Å². The molecule has 1 aliphatic rings. The Hall–Kier alpha value is -2.89. The molecule has 0 unspecified atom stereocenters. The van der Waals surface area contributed by atoms with Gasteiger partial charge in [-0.3, -0.25) is 4.79 Å². The van der Waals surface area contributed by atoms with Crippen molar-refractivity contribution in [2.75, 3.05) is 13.1 Å². The lowest BCUT2D eigenvalue weighted by Gasteiger charge is -2.16. The van der Waals surface area contributed by atoms with Gasteiger partial charge in [-0.15, -0.1) is 5.10 Å². The molecule has 6 nitrogen and oxygen atoms in total. The number of nitrogens with zero attached hydrogens (tertiary/aromatic N) is 3. The van der Waals surface area contributed by atoms with Crippen molar-refractivity contribution in [3.63, 3.8) is 0 Å². The monoisotopic (exact) mass is 322 g/mol. The van der Waals surface area contributed by atoms with E-state index in [-0.39, 0.29) is 12.0 Å². The number of fused-ring (bicyclic) bond motifs is 1. The maximum atomic E-state index is 12.8. The number of amides is 1. The van der Waals surface area contributed by atoms with E-state index in [2.05, 4.69) is 15.2 Å². The van der Waals surface area contributed by atoms with Gasteiger partial charge in [0.05, 0.1) is 17.8 Å². The van der Waals surface area contributed by atoms with Crippen LogP contribution in [0.1, 0.15) is 22.5 Å². The van der Waals surface area contributed by atoms with Crippen molar-refractivity contribution in [1.82, 2.24) is 20.1 Å². The Morgan fingerprint density at radius 3 is 2.96 bits per heavy atom. The third-order valence-corrected chi connectivity index (χ3v) is 4.31. The number of aromatic amines is 1. The van der Waals surface area contributed by atoms with E-state index in [0.29, 0.717) is 24.5 Å². The van der Waals surface area contributed by atoms with Crippen molar-refractivity contribution in [2.45, 2.75) is 19.4 Å². The van der Waals surface area contributed by atoms with E-state index in [0.717, 1.165) is 23.0 Å². The molecule has 1 atom stereocenters. The third kappa shape index (κ3) is 2.71. The van der Waals surface area contributed by atoms with Crippen molar-refractivity contribution in [2.24, 2.45) is 0 Å². The summed E-state index contributed by atoms with van der Waals surface area (Å²) >= 11 is 0. The zero-order valence-corrected chi connectivity index (χ0v) is 13.4. The number of hydrogen-bond acceptors (Lipinski definition) is 4. The molecule has 4 rings (SSSR count). The summed E-state index contributed by atoms with van der Waals surface area (Å²) < 4.78 is 5.84. The number of hydrogen-bond donors (Lipinski definition) is 1. The topological polar surface area (TPSA) is 71.1 Å². The second-order valence-corrected chi connectivity index (χ2v) is 6.04. The van der Waals surface area contributed by atoms with Gasteiger partial charge in [-0.05, 0) is 19.1 Å². The predicted molar refractivity (Wildman–Crippen MR) is 90.0 cm³/mol. The van der Waals surface area contributed by atoms with Crippen LogP contribution in [0.5, 0.6) is 5.88 Å². The van der Waals surface area contributed by atoms with Gasteiger partial charge in [0.15, 0.2) is 0 Å². The van der Waals surface area contributed by atoms with Crippen molar-refractivity contribution < 1.29 is 9.53 Å². The lowest BCUT2D eigenvalue weighted by molar-refractivity contribution is 0.0773. The Labute approximate surface area is 139 Å². The average Bonchev–Trinajstić information content (AvgIpc) is 3.23. The van der Waals surface area contributed by atoms with Gasteiger partial charge in [-0.2, -0.15) is 5.10 Å². The summed E-state index contributed by atoms with van der Waals surface area (Å²) in [6.07, 6.45) is 2.53. The molecule has 3 heterocycles. The number of likely N-dealkylation sites (tertiary alicyclic amines) is 1. The van der Waals surface area contributed by atoms with E-state index in [1.165, 1.54) is 0 Å².